The molecule has 1 aromatic carbocycles. The third kappa shape index (κ3) is 3.87. The molecule has 25 heavy (non-hydrogen) atoms. The van der Waals surface area contributed by atoms with Crippen molar-refractivity contribution in [3.05, 3.63) is 30.3 Å². The number of carbonyl (C=O) groups excluding carboxylic acids is 4. The number of nitrogens with zero attached hydrogens (tertiary/aromatic N) is 1. The van der Waals surface area contributed by atoms with Gasteiger partial charge in [-0.15, -0.1) is 0 Å². The molecule has 1 N–H and O–H groups in total. The first-order valence-corrected chi connectivity index (χ1v) is 8.42. The minimum atomic E-state index is -0.761. The van der Waals surface area contributed by atoms with Crippen LogP contribution in [0.4, 0.5) is 5.69 Å². The van der Waals surface area contributed by atoms with Crippen LogP contribution in [-0.2, 0) is 23.9 Å². The molecule has 0 bridgehead atoms. The molecule has 1 saturated heterocycles. The first-order valence-electron chi connectivity index (χ1n) is 8.42. The van der Waals surface area contributed by atoms with Crippen molar-refractivity contribution in [1.29, 1.82) is 0 Å². The number of rotatable bonds is 5. The summed E-state index contributed by atoms with van der Waals surface area (Å²) in [6, 6.07) is 8.78. The lowest BCUT2D eigenvalue weighted by Crippen LogP contribution is -2.37. The van der Waals surface area contributed by atoms with Crippen LogP contribution in [0.3, 0.4) is 0 Å². The van der Waals surface area contributed by atoms with E-state index in [0.717, 1.165) is 17.7 Å². The van der Waals surface area contributed by atoms with Gasteiger partial charge in [-0.3, -0.25) is 24.1 Å². The van der Waals surface area contributed by atoms with E-state index in [-0.39, 0.29) is 23.7 Å². The Bertz CT molecular complexity index is 664. The number of fused-ring (bicyclic) bond motifs is 1. The number of likely N-dealkylation sites (tertiary alicyclic amines) is 1. The molecule has 0 radical (unpaired) electrons. The molecule has 1 aliphatic heterocycles. The Morgan fingerprint density at radius 3 is 2.24 bits per heavy atom. The quantitative estimate of drug-likeness (QED) is 0.643. The Balaban J connectivity index is 1.48. The van der Waals surface area contributed by atoms with Crippen molar-refractivity contribution in [3.63, 3.8) is 0 Å². The zero-order valence-corrected chi connectivity index (χ0v) is 13.8. The molecule has 2 fully saturated rings. The summed E-state index contributed by atoms with van der Waals surface area (Å²) in [7, 11) is 0. The van der Waals surface area contributed by atoms with E-state index in [0.29, 0.717) is 18.5 Å². The topological polar surface area (TPSA) is 92.8 Å². The van der Waals surface area contributed by atoms with Gasteiger partial charge in [-0.2, -0.15) is 0 Å². The van der Waals surface area contributed by atoms with Crippen LogP contribution in [0.25, 0.3) is 0 Å². The molecule has 1 saturated carbocycles. The second-order valence-electron chi connectivity index (χ2n) is 6.33. The first-order chi connectivity index (χ1) is 12.1. The highest BCUT2D eigenvalue weighted by molar-refractivity contribution is 6.07. The van der Waals surface area contributed by atoms with Gasteiger partial charge in [0.1, 0.15) is 6.54 Å². The summed E-state index contributed by atoms with van der Waals surface area (Å²) < 4.78 is 4.89. The van der Waals surface area contributed by atoms with E-state index in [9.17, 15) is 19.2 Å². The molecule has 2 atom stereocenters. The monoisotopic (exact) mass is 344 g/mol. The highest BCUT2D eigenvalue weighted by Crippen LogP contribution is 2.37. The molecule has 0 unspecified atom stereocenters. The van der Waals surface area contributed by atoms with E-state index in [2.05, 4.69) is 5.32 Å². The maximum absolute atomic E-state index is 12.3. The van der Waals surface area contributed by atoms with Crippen LogP contribution >= 0.6 is 0 Å². The number of imide groups is 1. The summed E-state index contributed by atoms with van der Waals surface area (Å²) in [6.45, 7) is -0.889. The Morgan fingerprint density at radius 1 is 1.04 bits per heavy atom. The predicted octanol–water partition coefficient (Wildman–Crippen LogP) is 1.34. The first kappa shape index (κ1) is 17.1. The van der Waals surface area contributed by atoms with Crippen LogP contribution in [0.5, 0.6) is 0 Å². The van der Waals surface area contributed by atoms with Crippen LogP contribution in [-0.4, -0.2) is 41.7 Å². The maximum atomic E-state index is 12.3. The number of hydrogen-bond acceptors (Lipinski definition) is 5. The van der Waals surface area contributed by atoms with E-state index in [1.165, 1.54) is 0 Å². The molecule has 2 aliphatic rings. The lowest BCUT2D eigenvalue weighted by atomic mass is 9.81. The number of nitrogens with one attached hydrogen (secondary N) is 1. The zero-order valence-electron chi connectivity index (χ0n) is 13.8. The van der Waals surface area contributed by atoms with Gasteiger partial charge < -0.3 is 10.1 Å². The van der Waals surface area contributed by atoms with Crippen LogP contribution in [0.2, 0.25) is 0 Å². The molecule has 1 aromatic rings. The second-order valence-corrected chi connectivity index (χ2v) is 6.33. The van der Waals surface area contributed by atoms with E-state index in [4.69, 9.17) is 4.74 Å². The van der Waals surface area contributed by atoms with E-state index >= 15 is 0 Å². The summed E-state index contributed by atoms with van der Waals surface area (Å²) in [4.78, 5) is 49.2. The number of esters is 1. The van der Waals surface area contributed by atoms with Gasteiger partial charge in [0.25, 0.3) is 5.91 Å². The summed E-state index contributed by atoms with van der Waals surface area (Å²) in [5.41, 5.74) is 0.595. The summed E-state index contributed by atoms with van der Waals surface area (Å²) >= 11 is 0. The van der Waals surface area contributed by atoms with Gasteiger partial charge in [-0.1, -0.05) is 31.0 Å². The van der Waals surface area contributed by atoms with E-state index < -0.39 is 25.0 Å². The van der Waals surface area contributed by atoms with Crippen molar-refractivity contribution in [2.75, 3.05) is 18.5 Å². The van der Waals surface area contributed by atoms with Crippen LogP contribution in [0.15, 0.2) is 30.3 Å². The standard InChI is InChI=1S/C18H20N2O5/c21-15(19-12-6-2-1-3-7-12)11-25-16(22)10-20-17(23)13-8-4-5-9-14(13)18(20)24/h1-3,6-7,13-14H,4-5,8-11H2,(H,19,21)/t13-,14+. The average Bonchev–Trinajstić information content (AvgIpc) is 2.86. The van der Waals surface area contributed by atoms with Crippen LogP contribution < -0.4 is 5.32 Å². The molecule has 7 heteroatoms. The van der Waals surface area contributed by atoms with Gasteiger partial charge in [0.2, 0.25) is 11.8 Å². The Morgan fingerprint density at radius 2 is 1.64 bits per heavy atom. The smallest absolute Gasteiger partial charge is 0.326 e. The number of para-hydroxylation sites is 1. The lowest BCUT2D eigenvalue weighted by Gasteiger charge is -2.19. The van der Waals surface area contributed by atoms with Crippen molar-refractivity contribution in [3.8, 4) is 0 Å². The molecule has 1 aliphatic carbocycles. The number of amides is 3. The lowest BCUT2D eigenvalue weighted by molar-refractivity contribution is -0.154. The Labute approximate surface area is 145 Å². The van der Waals surface area contributed by atoms with Gasteiger partial charge in [0.05, 0.1) is 11.8 Å². The van der Waals surface area contributed by atoms with Crippen molar-refractivity contribution in [1.82, 2.24) is 4.90 Å². The van der Waals surface area contributed by atoms with Crippen molar-refractivity contribution < 1.29 is 23.9 Å². The Hall–Kier alpha value is -2.70. The van der Waals surface area contributed by atoms with E-state index in [1.54, 1.807) is 24.3 Å². The summed E-state index contributed by atoms with van der Waals surface area (Å²) in [5.74, 6) is -2.41. The van der Waals surface area contributed by atoms with Crippen LogP contribution in [0.1, 0.15) is 25.7 Å². The molecule has 0 aromatic heterocycles. The number of hydrogen-bond donors (Lipinski definition) is 1. The second kappa shape index (κ2) is 7.46. The zero-order chi connectivity index (χ0) is 17.8. The van der Waals surface area contributed by atoms with Crippen LogP contribution in [0, 0.1) is 11.8 Å². The van der Waals surface area contributed by atoms with Gasteiger partial charge in [-0.05, 0) is 25.0 Å². The molecule has 3 rings (SSSR count). The molecule has 0 spiro atoms. The maximum Gasteiger partial charge on any atom is 0.326 e. The average molecular weight is 344 g/mol. The fraction of sp³-hybridized carbons (Fsp3) is 0.444. The van der Waals surface area contributed by atoms with Crippen molar-refractivity contribution >= 4 is 29.4 Å². The van der Waals surface area contributed by atoms with Gasteiger partial charge in [0.15, 0.2) is 6.61 Å². The van der Waals surface area contributed by atoms with E-state index in [1.807, 2.05) is 6.07 Å². The third-order valence-electron chi connectivity index (χ3n) is 4.64. The molecule has 3 amide bonds. The SMILES string of the molecule is O=C(COC(=O)CN1C(=O)[C@H]2CCCC[C@H]2C1=O)Nc1ccccc1. The molecular formula is C18H20N2O5. The minimum absolute atomic E-state index is 0.291. The van der Waals surface area contributed by atoms with Gasteiger partial charge in [-0.25, -0.2) is 0 Å². The number of carbonyl (C=O) groups is 4. The molecule has 132 valence electrons. The third-order valence-corrected chi connectivity index (χ3v) is 4.64. The largest absolute Gasteiger partial charge is 0.454 e. The highest BCUT2D eigenvalue weighted by Gasteiger charge is 2.48. The van der Waals surface area contributed by atoms with Crippen molar-refractivity contribution in [2.45, 2.75) is 25.7 Å². The fourth-order valence-electron chi connectivity index (χ4n) is 3.43. The number of anilines is 1. The summed E-state index contributed by atoms with van der Waals surface area (Å²) in [6.07, 6.45) is 3.25. The predicted molar refractivity (Wildman–Crippen MR) is 88.2 cm³/mol. The molecule has 1 heterocycles. The number of ether oxygens (including phenoxy) is 1. The molecule has 7 nitrogen and oxygen atoms in total. The van der Waals surface area contributed by atoms with Gasteiger partial charge in [0, 0.05) is 5.69 Å². The Kier molecular flexibility index (Phi) is 5.11. The molecular weight excluding hydrogens is 324 g/mol. The van der Waals surface area contributed by atoms with Crippen molar-refractivity contribution in [2.24, 2.45) is 11.8 Å². The minimum Gasteiger partial charge on any atom is -0.454 e. The highest BCUT2D eigenvalue weighted by atomic mass is 16.5. The fourth-order valence-corrected chi connectivity index (χ4v) is 3.43. The normalized spacial score (nSPS) is 22.5. The van der Waals surface area contributed by atoms with Gasteiger partial charge >= 0.3 is 5.97 Å². The summed E-state index contributed by atoms with van der Waals surface area (Å²) in [5, 5.41) is 2.59. The number of benzene rings is 1.